The molecule has 1 amide bonds. The minimum Gasteiger partial charge on any atom is -0.481 e. The Bertz CT molecular complexity index is 1700. The van der Waals surface area contributed by atoms with Crippen molar-refractivity contribution < 1.29 is 55.0 Å². The first-order chi connectivity index (χ1) is 24.2. The average molecular weight is 741 g/mol. The summed E-state index contributed by atoms with van der Waals surface area (Å²) in [6, 6.07) is 4.85. The topological polar surface area (TPSA) is 95.9 Å². The largest absolute Gasteiger partial charge is 0.481 e. The predicted molar refractivity (Wildman–Crippen MR) is 180 cm³/mol. The van der Waals surface area contributed by atoms with Gasteiger partial charge in [-0.2, -0.15) is 26.3 Å². The molecule has 284 valence electrons. The fraction of sp³-hybridized carbons (Fsp3) is 0.500. The minimum atomic E-state index is -5.19. The molecule has 0 radical (unpaired) electrons. The maximum atomic E-state index is 15.8. The first kappa shape index (κ1) is 40.7. The summed E-state index contributed by atoms with van der Waals surface area (Å²) in [4.78, 5) is 41.4. The first-order valence-electron chi connectivity index (χ1n) is 17.0. The standard InChI is InChI=1S/C38H43F7N2O5/c1-20(2)11-27(26-12-24(29(15-32(26)48)37(40,41)42)9-10-47-17-23(18-47)19-52-5)36(51)46-31(16-33(49)50)28-13-25(14-30(35(28)39)38(43,44)45)34-21(3)7-6-8-22(34)4/h6-8,12-15,20,23,26-27,31H,9-11,16-19H2,1-5H3,(H,46,51)(H,49,50). The second-order valence-corrected chi connectivity index (χ2v) is 14.1. The highest BCUT2D eigenvalue weighted by atomic mass is 19.4. The summed E-state index contributed by atoms with van der Waals surface area (Å²) in [6.07, 6.45) is -9.61. The Morgan fingerprint density at radius 1 is 1.04 bits per heavy atom. The summed E-state index contributed by atoms with van der Waals surface area (Å²) in [6.45, 7) is 8.70. The fourth-order valence-corrected chi connectivity index (χ4v) is 7.13. The summed E-state index contributed by atoms with van der Waals surface area (Å²) in [5, 5.41) is 12.1. The maximum absolute atomic E-state index is 15.8. The lowest BCUT2D eigenvalue weighted by Crippen LogP contribution is -2.49. The van der Waals surface area contributed by atoms with Gasteiger partial charge in [-0.25, -0.2) is 4.39 Å². The monoisotopic (exact) mass is 740 g/mol. The van der Waals surface area contributed by atoms with Gasteiger partial charge in [0, 0.05) is 38.2 Å². The van der Waals surface area contributed by atoms with Crippen molar-refractivity contribution in [2.75, 3.05) is 33.4 Å². The number of hydrogen-bond donors (Lipinski definition) is 2. The molecule has 14 heteroatoms. The van der Waals surface area contributed by atoms with Crippen LogP contribution in [0.2, 0.25) is 0 Å². The van der Waals surface area contributed by atoms with Gasteiger partial charge in [-0.3, -0.25) is 14.4 Å². The third-order valence-electron chi connectivity index (χ3n) is 9.52. The van der Waals surface area contributed by atoms with Crippen molar-refractivity contribution in [1.82, 2.24) is 10.2 Å². The molecular weight excluding hydrogens is 697 g/mol. The first-order valence-corrected chi connectivity index (χ1v) is 17.0. The summed E-state index contributed by atoms with van der Waals surface area (Å²) in [7, 11) is 1.56. The van der Waals surface area contributed by atoms with E-state index in [1.165, 1.54) is 0 Å². The Balaban J connectivity index is 1.74. The van der Waals surface area contributed by atoms with Gasteiger partial charge in [0.2, 0.25) is 5.91 Å². The van der Waals surface area contributed by atoms with E-state index in [4.69, 9.17) is 4.74 Å². The number of carboxylic acid groups (broad SMARTS) is 1. The maximum Gasteiger partial charge on any atom is 0.419 e. The number of halogens is 7. The van der Waals surface area contributed by atoms with E-state index < -0.39 is 76.8 Å². The van der Waals surface area contributed by atoms with Crippen LogP contribution in [0, 0.1) is 43.3 Å². The molecule has 3 atom stereocenters. The van der Waals surface area contributed by atoms with E-state index in [0.29, 0.717) is 48.5 Å². The summed E-state index contributed by atoms with van der Waals surface area (Å²) >= 11 is 0. The fourth-order valence-electron chi connectivity index (χ4n) is 7.13. The van der Waals surface area contributed by atoms with E-state index in [2.05, 4.69) is 5.32 Å². The van der Waals surface area contributed by atoms with Crippen molar-refractivity contribution in [3.8, 4) is 11.1 Å². The van der Waals surface area contributed by atoms with Crippen molar-refractivity contribution in [1.29, 1.82) is 0 Å². The number of carboxylic acids is 1. The van der Waals surface area contributed by atoms with Crippen LogP contribution in [0.4, 0.5) is 30.7 Å². The molecule has 7 nitrogen and oxygen atoms in total. The Hall–Kier alpha value is -4.04. The Labute approximate surface area is 297 Å². The number of alkyl halides is 6. The number of nitrogens with zero attached hydrogens (tertiary/aromatic N) is 1. The molecule has 52 heavy (non-hydrogen) atoms. The van der Waals surface area contributed by atoms with Crippen LogP contribution >= 0.6 is 0 Å². The summed E-state index contributed by atoms with van der Waals surface area (Å²) < 4.78 is 106. The molecule has 2 N–H and O–H groups in total. The van der Waals surface area contributed by atoms with Gasteiger partial charge < -0.3 is 20.1 Å². The molecule has 2 aromatic carbocycles. The van der Waals surface area contributed by atoms with E-state index in [9.17, 15) is 45.8 Å². The van der Waals surface area contributed by atoms with Gasteiger partial charge in [0.05, 0.1) is 42.0 Å². The Kier molecular flexibility index (Phi) is 12.8. The van der Waals surface area contributed by atoms with Crippen LogP contribution in [0.3, 0.4) is 0 Å². The molecule has 4 rings (SSSR count). The number of nitrogens with one attached hydrogen (secondary N) is 1. The van der Waals surface area contributed by atoms with Crippen LogP contribution in [0.25, 0.3) is 11.1 Å². The number of ether oxygens (including phenoxy) is 1. The second kappa shape index (κ2) is 16.3. The number of carbonyl (C=O) groups is 3. The number of carbonyl (C=O) groups excluding carboxylic acids is 2. The number of ketones is 1. The van der Waals surface area contributed by atoms with Crippen molar-refractivity contribution in [3.05, 3.63) is 81.7 Å². The molecule has 0 bridgehead atoms. The van der Waals surface area contributed by atoms with Crippen molar-refractivity contribution in [3.63, 3.8) is 0 Å². The van der Waals surface area contributed by atoms with Gasteiger partial charge in [-0.1, -0.05) is 38.1 Å². The number of rotatable bonds is 14. The van der Waals surface area contributed by atoms with Crippen LogP contribution in [0.5, 0.6) is 0 Å². The minimum absolute atomic E-state index is 0.0510. The lowest BCUT2D eigenvalue weighted by atomic mass is 9.76. The number of aliphatic carboxylic acids is 1. The van der Waals surface area contributed by atoms with Crippen LogP contribution < -0.4 is 5.32 Å². The van der Waals surface area contributed by atoms with Gasteiger partial charge >= 0.3 is 18.3 Å². The number of methoxy groups -OCH3 is 1. The van der Waals surface area contributed by atoms with Crippen LogP contribution in [-0.4, -0.2) is 67.2 Å². The molecule has 3 unspecified atom stereocenters. The molecular formula is C38H43F7N2O5. The highest BCUT2D eigenvalue weighted by molar-refractivity contribution is 5.99. The lowest BCUT2D eigenvalue weighted by Gasteiger charge is -2.39. The van der Waals surface area contributed by atoms with E-state index in [1.54, 1.807) is 53.0 Å². The summed E-state index contributed by atoms with van der Waals surface area (Å²) in [5.74, 6) is -8.16. The van der Waals surface area contributed by atoms with E-state index in [-0.39, 0.29) is 42.4 Å². The number of amides is 1. The molecule has 1 heterocycles. The molecule has 1 fully saturated rings. The molecule has 1 aliphatic heterocycles. The molecule has 0 saturated carbocycles. The zero-order valence-electron chi connectivity index (χ0n) is 29.6. The average Bonchev–Trinajstić information content (AvgIpc) is 3.00. The van der Waals surface area contributed by atoms with Gasteiger partial charge in [-0.05, 0) is 78.6 Å². The van der Waals surface area contributed by atoms with E-state index in [0.717, 1.165) is 12.1 Å². The number of allylic oxidation sites excluding steroid dienone is 3. The number of aryl methyl sites for hydroxylation is 2. The van der Waals surface area contributed by atoms with Crippen LogP contribution in [0.1, 0.15) is 61.4 Å². The zero-order chi connectivity index (χ0) is 38.7. The summed E-state index contributed by atoms with van der Waals surface area (Å²) in [5.41, 5.74) is -2.28. The zero-order valence-corrected chi connectivity index (χ0v) is 29.6. The Morgan fingerprint density at radius 2 is 1.67 bits per heavy atom. The molecule has 2 aliphatic rings. The predicted octanol–water partition coefficient (Wildman–Crippen LogP) is 8.00. The third-order valence-corrected chi connectivity index (χ3v) is 9.52. The molecule has 1 aliphatic carbocycles. The Morgan fingerprint density at radius 3 is 2.21 bits per heavy atom. The van der Waals surface area contributed by atoms with Crippen LogP contribution in [-0.2, 0) is 25.3 Å². The molecule has 0 aromatic heterocycles. The van der Waals surface area contributed by atoms with Crippen LogP contribution in [0.15, 0.2) is 53.6 Å². The normalized spacial score (nSPS) is 18.5. The van der Waals surface area contributed by atoms with Gasteiger partial charge in [-0.15, -0.1) is 0 Å². The van der Waals surface area contributed by atoms with Gasteiger partial charge in [0.25, 0.3) is 0 Å². The van der Waals surface area contributed by atoms with Gasteiger partial charge in [0.1, 0.15) is 5.82 Å². The molecule has 1 saturated heterocycles. The lowest BCUT2D eigenvalue weighted by molar-refractivity contribution is -0.140. The third kappa shape index (κ3) is 9.68. The highest BCUT2D eigenvalue weighted by Crippen LogP contribution is 2.42. The van der Waals surface area contributed by atoms with Crippen molar-refractivity contribution in [2.45, 2.75) is 65.4 Å². The highest BCUT2D eigenvalue weighted by Gasteiger charge is 2.44. The number of likely N-dealkylation sites (tertiary alicyclic amines) is 1. The quantitative estimate of drug-likeness (QED) is 0.191. The molecule has 0 spiro atoms. The van der Waals surface area contributed by atoms with Crippen molar-refractivity contribution in [2.24, 2.45) is 23.7 Å². The van der Waals surface area contributed by atoms with E-state index in [1.807, 2.05) is 4.90 Å². The van der Waals surface area contributed by atoms with Gasteiger partial charge in [0.15, 0.2) is 5.78 Å². The number of benzene rings is 2. The SMILES string of the molecule is COCC1CN(CCC2=CC(C(CC(C)C)C(=O)NC(CC(=O)O)c3cc(-c4c(C)cccc4C)cc(C(F)(F)F)c3F)C(=O)C=C2C(F)(F)F)C1. The smallest absolute Gasteiger partial charge is 0.419 e. The number of hydrogen-bond acceptors (Lipinski definition) is 5. The van der Waals surface area contributed by atoms with E-state index >= 15 is 4.39 Å². The molecule has 2 aromatic rings. The second-order valence-electron chi connectivity index (χ2n) is 14.1. The van der Waals surface area contributed by atoms with Crippen molar-refractivity contribution >= 4 is 17.7 Å².